The van der Waals surface area contributed by atoms with Crippen LogP contribution in [0.1, 0.15) is 17.4 Å². The lowest BCUT2D eigenvalue weighted by Crippen LogP contribution is -2.30. The van der Waals surface area contributed by atoms with Gasteiger partial charge < -0.3 is 19.6 Å². The molecule has 5 nitrogen and oxygen atoms in total. The SMILES string of the molecule is COc1cc(CNCC(c2ccco2)N(C)C)ccc1O. The minimum atomic E-state index is 0.156. The molecule has 2 aromatic rings. The molecular formula is C16H22N2O3. The van der Waals surface area contributed by atoms with Crippen LogP contribution in [-0.2, 0) is 6.54 Å². The predicted molar refractivity (Wildman–Crippen MR) is 81.5 cm³/mol. The monoisotopic (exact) mass is 290 g/mol. The van der Waals surface area contributed by atoms with Crippen LogP contribution in [0.25, 0.3) is 0 Å². The van der Waals surface area contributed by atoms with Crippen LogP contribution in [0.5, 0.6) is 11.5 Å². The number of aromatic hydroxyl groups is 1. The molecular weight excluding hydrogens is 268 g/mol. The smallest absolute Gasteiger partial charge is 0.160 e. The Morgan fingerprint density at radius 1 is 1.33 bits per heavy atom. The maximum atomic E-state index is 9.58. The summed E-state index contributed by atoms with van der Waals surface area (Å²) in [6.45, 7) is 1.46. The first-order valence-electron chi connectivity index (χ1n) is 6.88. The molecule has 5 heteroatoms. The molecule has 0 saturated carbocycles. The Bertz CT molecular complexity index is 553. The van der Waals surface area contributed by atoms with Gasteiger partial charge in [-0.2, -0.15) is 0 Å². The van der Waals surface area contributed by atoms with Crippen LogP contribution in [0.3, 0.4) is 0 Å². The Labute approximate surface area is 125 Å². The normalized spacial score (nSPS) is 12.6. The molecule has 0 aliphatic rings. The van der Waals surface area contributed by atoms with Gasteiger partial charge in [0.05, 0.1) is 19.4 Å². The van der Waals surface area contributed by atoms with Crippen molar-refractivity contribution in [2.75, 3.05) is 27.7 Å². The van der Waals surface area contributed by atoms with E-state index >= 15 is 0 Å². The second-order valence-electron chi connectivity index (χ2n) is 5.13. The van der Waals surface area contributed by atoms with Crippen molar-refractivity contribution in [1.82, 2.24) is 10.2 Å². The molecule has 114 valence electrons. The van der Waals surface area contributed by atoms with Crippen molar-refractivity contribution in [3.8, 4) is 11.5 Å². The zero-order chi connectivity index (χ0) is 15.2. The van der Waals surface area contributed by atoms with Crippen molar-refractivity contribution in [2.24, 2.45) is 0 Å². The number of hydrogen-bond donors (Lipinski definition) is 2. The number of hydrogen-bond acceptors (Lipinski definition) is 5. The van der Waals surface area contributed by atoms with Gasteiger partial charge in [-0.1, -0.05) is 6.07 Å². The molecule has 1 unspecified atom stereocenters. The molecule has 0 amide bonds. The quantitative estimate of drug-likeness (QED) is 0.820. The Hall–Kier alpha value is -1.98. The van der Waals surface area contributed by atoms with E-state index < -0.39 is 0 Å². The lowest BCUT2D eigenvalue weighted by molar-refractivity contribution is 0.250. The van der Waals surface area contributed by atoms with Crippen LogP contribution in [0.2, 0.25) is 0 Å². The van der Waals surface area contributed by atoms with Crippen molar-refractivity contribution >= 4 is 0 Å². The van der Waals surface area contributed by atoms with Gasteiger partial charge in [0.1, 0.15) is 5.76 Å². The fourth-order valence-electron chi connectivity index (χ4n) is 2.20. The number of furan rings is 1. The average molecular weight is 290 g/mol. The summed E-state index contributed by atoms with van der Waals surface area (Å²) in [5.74, 6) is 1.59. The highest BCUT2D eigenvalue weighted by Crippen LogP contribution is 2.26. The van der Waals surface area contributed by atoms with Crippen LogP contribution in [0, 0.1) is 0 Å². The van der Waals surface area contributed by atoms with E-state index in [0.717, 1.165) is 17.9 Å². The van der Waals surface area contributed by atoms with E-state index in [0.29, 0.717) is 12.3 Å². The van der Waals surface area contributed by atoms with Crippen molar-refractivity contribution in [1.29, 1.82) is 0 Å². The fraction of sp³-hybridized carbons (Fsp3) is 0.375. The van der Waals surface area contributed by atoms with Gasteiger partial charge in [-0.25, -0.2) is 0 Å². The first-order valence-corrected chi connectivity index (χ1v) is 6.88. The van der Waals surface area contributed by atoms with Gasteiger partial charge in [0.2, 0.25) is 0 Å². The van der Waals surface area contributed by atoms with E-state index in [-0.39, 0.29) is 11.8 Å². The Morgan fingerprint density at radius 3 is 2.76 bits per heavy atom. The molecule has 2 rings (SSSR count). The second-order valence-corrected chi connectivity index (χ2v) is 5.13. The molecule has 21 heavy (non-hydrogen) atoms. The summed E-state index contributed by atoms with van der Waals surface area (Å²) in [5, 5.41) is 13.0. The summed E-state index contributed by atoms with van der Waals surface area (Å²) in [6.07, 6.45) is 1.69. The topological polar surface area (TPSA) is 57.9 Å². The second kappa shape index (κ2) is 7.15. The lowest BCUT2D eigenvalue weighted by Gasteiger charge is -2.22. The molecule has 0 bridgehead atoms. The molecule has 1 atom stereocenters. The minimum Gasteiger partial charge on any atom is -0.504 e. The zero-order valence-electron chi connectivity index (χ0n) is 12.7. The van der Waals surface area contributed by atoms with Crippen LogP contribution >= 0.6 is 0 Å². The van der Waals surface area contributed by atoms with Gasteiger partial charge in [0.25, 0.3) is 0 Å². The van der Waals surface area contributed by atoms with E-state index in [1.807, 2.05) is 38.4 Å². The van der Waals surface area contributed by atoms with Crippen molar-refractivity contribution in [2.45, 2.75) is 12.6 Å². The molecule has 1 aromatic heterocycles. The maximum Gasteiger partial charge on any atom is 0.160 e. The molecule has 2 N–H and O–H groups in total. The standard InChI is InChI=1S/C16H22N2O3/c1-18(2)13(15-5-4-8-21-15)11-17-10-12-6-7-14(19)16(9-12)20-3/h4-9,13,17,19H,10-11H2,1-3H3. The molecule has 0 aliphatic heterocycles. The Morgan fingerprint density at radius 2 is 2.14 bits per heavy atom. The van der Waals surface area contributed by atoms with E-state index in [1.54, 1.807) is 19.4 Å². The number of nitrogens with zero attached hydrogens (tertiary/aromatic N) is 1. The van der Waals surface area contributed by atoms with E-state index in [9.17, 15) is 5.11 Å². The molecule has 0 fully saturated rings. The minimum absolute atomic E-state index is 0.156. The van der Waals surface area contributed by atoms with Gasteiger partial charge in [-0.05, 0) is 43.9 Å². The lowest BCUT2D eigenvalue weighted by atomic mass is 10.1. The van der Waals surface area contributed by atoms with Crippen LogP contribution in [0.4, 0.5) is 0 Å². The number of benzene rings is 1. The number of phenolic OH excluding ortho intramolecular Hbond substituents is 1. The number of nitrogens with one attached hydrogen (secondary N) is 1. The zero-order valence-corrected chi connectivity index (χ0v) is 12.7. The summed E-state index contributed by atoms with van der Waals surface area (Å²) in [5.41, 5.74) is 1.06. The first-order chi connectivity index (χ1) is 10.1. The van der Waals surface area contributed by atoms with E-state index in [4.69, 9.17) is 9.15 Å². The summed E-state index contributed by atoms with van der Waals surface area (Å²) >= 11 is 0. The van der Waals surface area contributed by atoms with Gasteiger partial charge >= 0.3 is 0 Å². The van der Waals surface area contributed by atoms with Crippen molar-refractivity contribution < 1.29 is 14.3 Å². The number of rotatable bonds is 7. The molecule has 1 aromatic carbocycles. The van der Waals surface area contributed by atoms with Gasteiger partial charge in [0, 0.05) is 13.1 Å². The van der Waals surface area contributed by atoms with E-state index in [1.165, 1.54) is 0 Å². The molecule has 0 spiro atoms. The van der Waals surface area contributed by atoms with Crippen LogP contribution < -0.4 is 10.1 Å². The van der Waals surface area contributed by atoms with Crippen LogP contribution in [-0.4, -0.2) is 37.8 Å². The summed E-state index contributed by atoms with van der Waals surface area (Å²) in [4.78, 5) is 2.11. The van der Waals surface area contributed by atoms with Crippen molar-refractivity contribution in [3.63, 3.8) is 0 Å². The number of likely N-dealkylation sites (N-methyl/N-ethyl adjacent to an activating group) is 1. The summed E-state index contributed by atoms with van der Waals surface area (Å²) in [7, 11) is 5.60. The molecule has 1 heterocycles. The highest BCUT2D eigenvalue weighted by atomic mass is 16.5. The predicted octanol–water partition coefficient (Wildman–Crippen LogP) is 2.39. The van der Waals surface area contributed by atoms with Crippen LogP contribution in [0.15, 0.2) is 41.0 Å². The average Bonchev–Trinajstić information content (AvgIpc) is 2.98. The molecule has 0 aliphatic carbocycles. The fourth-order valence-corrected chi connectivity index (χ4v) is 2.20. The Balaban J connectivity index is 1.93. The maximum absolute atomic E-state index is 9.58. The number of ether oxygens (including phenoxy) is 1. The van der Waals surface area contributed by atoms with Crippen molar-refractivity contribution in [3.05, 3.63) is 47.9 Å². The summed E-state index contributed by atoms with van der Waals surface area (Å²) in [6, 6.07) is 9.42. The Kier molecular flexibility index (Phi) is 5.25. The largest absolute Gasteiger partial charge is 0.504 e. The first kappa shape index (κ1) is 15.4. The number of methoxy groups -OCH3 is 1. The van der Waals surface area contributed by atoms with Gasteiger partial charge in [-0.3, -0.25) is 4.90 Å². The summed E-state index contributed by atoms with van der Waals surface area (Å²) < 4.78 is 10.6. The third kappa shape index (κ3) is 4.00. The molecule has 0 radical (unpaired) electrons. The van der Waals surface area contributed by atoms with Gasteiger partial charge in [0.15, 0.2) is 11.5 Å². The highest BCUT2D eigenvalue weighted by Gasteiger charge is 2.16. The third-order valence-electron chi connectivity index (χ3n) is 3.41. The van der Waals surface area contributed by atoms with E-state index in [2.05, 4.69) is 10.2 Å². The van der Waals surface area contributed by atoms with Gasteiger partial charge in [-0.15, -0.1) is 0 Å². The highest BCUT2D eigenvalue weighted by molar-refractivity contribution is 5.41. The third-order valence-corrected chi connectivity index (χ3v) is 3.41. The molecule has 0 saturated heterocycles. The number of phenols is 1.